The van der Waals surface area contributed by atoms with Gasteiger partial charge in [-0.05, 0) is 83.1 Å². The van der Waals surface area contributed by atoms with E-state index in [4.69, 9.17) is 0 Å². The highest BCUT2D eigenvalue weighted by Gasteiger charge is 2.20. The fourth-order valence-electron chi connectivity index (χ4n) is 6.02. The van der Waals surface area contributed by atoms with Crippen molar-refractivity contribution < 1.29 is 0 Å². The van der Waals surface area contributed by atoms with Gasteiger partial charge in [0.15, 0.2) is 0 Å². The Morgan fingerprint density at radius 3 is 0.875 bits per heavy atom. The maximum Gasteiger partial charge on any atom is 0.0407 e. The Labute approximate surface area is 287 Å². The zero-order valence-electron chi connectivity index (χ0n) is 26.8. The summed E-state index contributed by atoms with van der Waals surface area (Å²) in [4.78, 5) is 0. The molecular weight excluding hydrogens is 618 g/mol. The molecule has 0 amide bonds. The fraction of sp³-hybridized carbons (Fsp3) is 0.0455. The van der Waals surface area contributed by atoms with E-state index in [1.807, 2.05) is 0 Å². The van der Waals surface area contributed by atoms with E-state index in [9.17, 15) is 0 Å². The Balaban J connectivity index is 1.06. The number of anilines is 2. The average molecular weight is 657 g/mol. The number of hydrogen-bond acceptors (Lipinski definition) is 2. The Hall–Kier alpha value is -5.00. The van der Waals surface area contributed by atoms with E-state index < -0.39 is 15.8 Å². The first kappa shape index (κ1) is 31.6. The second-order valence-corrected chi connectivity index (χ2v) is 15.9. The molecule has 0 aromatic heterocycles. The topological polar surface area (TPSA) is 24.1 Å². The van der Waals surface area contributed by atoms with Gasteiger partial charge in [-0.1, -0.05) is 170 Å². The van der Waals surface area contributed by atoms with Crippen molar-refractivity contribution in [1.29, 1.82) is 0 Å². The quantitative estimate of drug-likeness (QED) is 0.129. The van der Waals surface area contributed by atoms with Crippen LogP contribution >= 0.6 is 15.8 Å². The van der Waals surface area contributed by atoms with Gasteiger partial charge >= 0.3 is 0 Å². The zero-order valence-corrected chi connectivity index (χ0v) is 28.6. The molecular formula is C44H38N2P2. The van der Waals surface area contributed by atoms with Crippen LogP contribution in [0.15, 0.2) is 194 Å². The van der Waals surface area contributed by atoms with Crippen LogP contribution < -0.4 is 42.5 Å². The lowest BCUT2D eigenvalue weighted by atomic mass is 10.2. The normalized spacial score (nSPS) is 11.0. The highest BCUT2D eigenvalue weighted by atomic mass is 31.1. The second-order valence-electron chi connectivity index (χ2n) is 11.6. The fourth-order valence-corrected chi connectivity index (χ4v) is 11.0. The van der Waals surface area contributed by atoms with E-state index in [0.717, 1.165) is 24.5 Å². The van der Waals surface area contributed by atoms with Gasteiger partial charge in [0.2, 0.25) is 0 Å². The van der Waals surface area contributed by atoms with Crippen LogP contribution in [0.4, 0.5) is 11.4 Å². The maximum absolute atomic E-state index is 3.71. The monoisotopic (exact) mass is 656 g/mol. The minimum absolute atomic E-state index is 0.666. The first-order valence-electron chi connectivity index (χ1n) is 16.4. The lowest BCUT2D eigenvalue weighted by molar-refractivity contribution is 1.15. The van der Waals surface area contributed by atoms with E-state index in [1.165, 1.54) is 43.0 Å². The summed E-state index contributed by atoms with van der Waals surface area (Å²) in [6.45, 7) is 1.52. The molecule has 2 nitrogen and oxygen atoms in total. The van der Waals surface area contributed by atoms with Gasteiger partial charge in [0.05, 0.1) is 0 Å². The van der Waals surface area contributed by atoms with E-state index in [2.05, 4.69) is 205 Å². The van der Waals surface area contributed by atoms with E-state index in [0.29, 0.717) is 0 Å². The standard InChI is InChI=1S/C44H38N2P2/c1-5-19-39(20-6-1)47(40-21-7-2-8-22-40)43-27-15-13-17-35(43)33-45-37-29-31-38(32-30-37)46-34-36-18-14-16-28-44(36)48(41-23-9-3-10-24-41)42-25-11-4-12-26-42/h1-32,45-46H,33-34H2. The molecule has 4 heteroatoms. The molecule has 0 saturated carbocycles. The molecule has 0 bridgehead atoms. The first-order valence-corrected chi connectivity index (χ1v) is 19.1. The highest BCUT2D eigenvalue weighted by Crippen LogP contribution is 2.35. The summed E-state index contributed by atoms with van der Waals surface area (Å²) >= 11 is 0. The summed E-state index contributed by atoms with van der Waals surface area (Å²) in [5, 5.41) is 15.6. The molecule has 234 valence electrons. The Bertz CT molecular complexity index is 1790. The zero-order chi connectivity index (χ0) is 32.4. The molecule has 0 heterocycles. The van der Waals surface area contributed by atoms with Crippen LogP contribution in [0.5, 0.6) is 0 Å². The minimum Gasteiger partial charge on any atom is -0.381 e. The Morgan fingerprint density at radius 2 is 0.562 bits per heavy atom. The largest absolute Gasteiger partial charge is 0.381 e. The van der Waals surface area contributed by atoms with Crippen molar-refractivity contribution in [2.45, 2.75) is 13.1 Å². The van der Waals surface area contributed by atoms with Crippen molar-refractivity contribution >= 4 is 59.0 Å². The molecule has 0 fully saturated rings. The van der Waals surface area contributed by atoms with Crippen LogP contribution in [-0.4, -0.2) is 0 Å². The third kappa shape index (κ3) is 7.58. The average Bonchev–Trinajstić information content (AvgIpc) is 3.16. The van der Waals surface area contributed by atoms with Crippen molar-refractivity contribution in [1.82, 2.24) is 0 Å². The molecule has 0 aliphatic heterocycles. The molecule has 0 radical (unpaired) electrons. The third-order valence-corrected chi connectivity index (χ3v) is 13.5. The number of nitrogens with one attached hydrogen (secondary N) is 2. The van der Waals surface area contributed by atoms with Gasteiger partial charge in [-0.2, -0.15) is 0 Å². The van der Waals surface area contributed by atoms with Crippen LogP contribution in [0.3, 0.4) is 0 Å². The summed E-state index contributed by atoms with van der Waals surface area (Å²) in [6.07, 6.45) is 0. The molecule has 0 aliphatic rings. The highest BCUT2D eigenvalue weighted by molar-refractivity contribution is 7.80. The predicted octanol–water partition coefficient (Wildman–Crippen LogP) is 8.43. The number of benzene rings is 7. The molecule has 0 spiro atoms. The predicted molar refractivity (Wildman–Crippen MR) is 211 cm³/mol. The minimum atomic E-state index is -0.666. The molecule has 48 heavy (non-hydrogen) atoms. The third-order valence-electron chi connectivity index (χ3n) is 8.37. The molecule has 0 saturated heterocycles. The van der Waals surface area contributed by atoms with Crippen LogP contribution in [0.1, 0.15) is 11.1 Å². The molecule has 0 unspecified atom stereocenters. The van der Waals surface area contributed by atoms with Crippen molar-refractivity contribution in [3.63, 3.8) is 0 Å². The summed E-state index contributed by atoms with van der Waals surface area (Å²) in [7, 11) is -1.33. The van der Waals surface area contributed by atoms with Crippen LogP contribution in [0.2, 0.25) is 0 Å². The van der Waals surface area contributed by atoms with Gasteiger partial charge in [0, 0.05) is 24.5 Å². The van der Waals surface area contributed by atoms with Crippen LogP contribution in [0.25, 0.3) is 0 Å². The number of hydrogen-bond donors (Lipinski definition) is 2. The Morgan fingerprint density at radius 1 is 0.292 bits per heavy atom. The molecule has 2 N–H and O–H groups in total. The smallest absolute Gasteiger partial charge is 0.0407 e. The van der Waals surface area contributed by atoms with Crippen LogP contribution in [-0.2, 0) is 13.1 Å². The van der Waals surface area contributed by atoms with Gasteiger partial charge in [-0.15, -0.1) is 0 Å². The number of rotatable bonds is 12. The summed E-state index contributed by atoms with van der Waals surface area (Å²) < 4.78 is 0. The van der Waals surface area contributed by atoms with E-state index >= 15 is 0 Å². The van der Waals surface area contributed by atoms with Crippen molar-refractivity contribution in [3.05, 3.63) is 205 Å². The Kier molecular flexibility index (Phi) is 10.4. The van der Waals surface area contributed by atoms with Gasteiger partial charge in [0.25, 0.3) is 0 Å². The first-order chi connectivity index (χ1) is 23.8. The van der Waals surface area contributed by atoms with E-state index in [1.54, 1.807) is 0 Å². The van der Waals surface area contributed by atoms with Gasteiger partial charge in [-0.3, -0.25) is 0 Å². The lowest BCUT2D eigenvalue weighted by Crippen LogP contribution is -2.24. The van der Waals surface area contributed by atoms with Crippen molar-refractivity contribution in [2.75, 3.05) is 10.6 Å². The molecule has 0 aliphatic carbocycles. The molecule has 7 aromatic carbocycles. The molecule has 7 rings (SSSR count). The summed E-state index contributed by atoms with van der Waals surface area (Å²) in [5.74, 6) is 0. The summed E-state index contributed by atoms with van der Waals surface area (Å²) in [6, 6.07) is 70.1. The molecule has 0 atom stereocenters. The second kappa shape index (κ2) is 15.7. The van der Waals surface area contributed by atoms with Crippen molar-refractivity contribution in [3.8, 4) is 0 Å². The SMILES string of the molecule is c1ccc(P(c2ccccc2)c2ccccc2CNc2ccc(NCc3ccccc3P(c3ccccc3)c3ccccc3)cc2)cc1. The maximum atomic E-state index is 3.71. The summed E-state index contributed by atoms with van der Waals surface area (Å²) in [5.41, 5.74) is 4.86. The van der Waals surface area contributed by atoms with Crippen molar-refractivity contribution in [2.24, 2.45) is 0 Å². The van der Waals surface area contributed by atoms with E-state index in [-0.39, 0.29) is 0 Å². The van der Waals surface area contributed by atoms with Gasteiger partial charge in [0.1, 0.15) is 0 Å². The van der Waals surface area contributed by atoms with Gasteiger partial charge in [-0.25, -0.2) is 0 Å². The lowest BCUT2D eigenvalue weighted by Gasteiger charge is -2.23. The van der Waals surface area contributed by atoms with Crippen LogP contribution in [0, 0.1) is 0 Å². The van der Waals surface area contributed by atoms with Gasteiger partial charge < -0.3 is 10.6 Å². The molecule has 7 aromatic rings.